The predicted octanol–water partition coefficient (Wildman–Crippen LogP) is 6.18. The van der Waals surface area contributed by atoms with Gasteiger partial charge in [0.2, 0.25) is 5.91 Å². The van der Waals surface area contributed by atoms with Crippen LogP contribution in [-0.4, -0.2) is 16.0 Å². The number of pyridine rings is 1. The van der Waals surface area contributed by atoms with Crippen molar-refractivity contribution in [3.63, 3.8) is 0 Å². The Bertz CT molecular complexity index is 1350. The molecule has 2 aromatic heterocycles. The molecular weight excluding hydrogens is 456 g/mol. The molecule has 35 heavy (non-hydrogen) atoms. The van der Waals surface area contributed by atoms with E-state index in [1.807, 2.05) is 92.7 Å². The highest BCUT2D eigenvalue weighted by Gasteiger charge is 2.42. The average Bonchev–Trinajstić information content (AvgIpc) is 3.51. The number of hydrogen-bond acceptors (Lipinski definition) is 4. The van der Waals surface area contributed by atoms with Gasteiger partial charge in [0.25, 0.3) is 0 Å². The van der Waals surface area contributed by atoms with Gasteiger partial charge in [-0.05, 0) is 67.2 Å². The summed E-state index contributed by atoms with van der Waals surface area (Å²) in [6.07, 6.45) is 2.21. The van der Waals surface area contributed by atoms with Gasteiger partial charge in [-0.1, -0.05) is 43.3 Å². The van der Waals surface area contributed by atoms with Crippen molar-refractivity contribution in [2.75, 3.05) is 10.2 Å². The first kappa shape index (κ1) is 22.8. The quantitative estimate of drug-likeness (QED) is 0.320. The highest BCUT2D eigenvalue weighted by molar-refractivity contribution is 7.80. The van der Waals surface area contributed by atoms with Crippen molar-refractivity contribution in [1.82, 2.24) is 10.3 Å². The third kappa shape index (κ3) is 4.55. The van der Waals surface area contributed by atoms with Gasteiger partial charge in [0, 0.05) is 29.6 Å². The first-order valence-corrected chi connectivity index (χ1v) is 12.0. The van der Waals surface area contributed by atoms with Crippen molar-refractivity contribution in [3.8, 4) is 11.3 Å². The Balaban J connectivity index is 1.56. The molecule has 0 bridgehead atoms. The number of aryl methyl sites for hydroxylation is 1. The second-order valence-corrected chi connectivity index (χ2v) is 8.85. The van der Waals surface area contributed by atoms with Crippen LogP contribution in [0.3, 0.4) is 0 Å². The maximum absolute atomic E-state index is 11.9. The molecule has 2 aromatic carbocycles. The second kappa shape index (κ2) is 9.72. The lowest BCUT2D eigenvalue weighted by Crippen LogP contribution is -2.29. The Morgan fingerprint density at radius 1 is 1.09 bits per heavy atom. The molecule has 0 saturated carbocycles. The van der Waals surface area contributed by atoms with Crippen LogP contribution in [-0.2, 0) is 4.79 Å². The van der Waals surface area contributed by atoms with Crippen LogP contribution in [0.4, 0.5) is 11.4 Å². The summed E-state index contributed by atoms with van der Waals surface area (Å²) in [5.74, 6) is 1.57. The first-order valence-electron chi connectivity index (χ1n) is 11.6. The Morgan fingerprint density at radius 2 is 1.89 bits per heavy atom. The number of furan rings is 1. The zero-order chi connectivity index (χ0) is 24.4. The van der Waals surface area contributed by atoms with Gasteiger partial charge in [0.05, 0.1) is 11.7 Å². The first-order chi connectivity index (χ1) is 17.0. The second-order valence-electron chi connectivity index (χ2n) is 8.47. The third-order valence-corrected chi connectivity index (χ3v) is 6.47. The van der Waals surface area contributed by atoms with Crippen LogP contribution in [0.25, 0.3) is 11.3 Å². The lowest BCUT2D eigenvalue weighted by molar-refractivity contribution is -0.115. The molecule has 1 fully saturated rings. The molecule has 0 spiro atoms. The van der Waals surface area contributed by atoms with Crippen molar-refractivity contribution in [2.24, 2.45) is 0 Å². The highest BCUT2D eigenvalue weighted by atomic mass is 32.1. The lowest BCUT2D eigenvalue weighted by atomic mass is 10.0. The minimum absolute atomic E-state index is 0.0173. The van der Waals surface area contributed by atoms with E-state index in [2.05, 4.69) is 20.5 Å². The summed E-state index contributed by atoms with van der Waals surface area (Å²) in [5, 5.41) is 7.00. The molecule has 2 atom stereocenters. The van der Waals surface area contributed by atoms with Gasteiger partial charge < -0.3 is 20.0 Å². The summed E-state index contributed by atoms with van der Waals surface area (Å²) in [6.45, 7) is 3.82. The summed E-state index contributed by atoms with van der Waals surface area (Å²) < 4.78 is 6.40. The lowest BCUT2D eigenvalue weighted by Gasteiger charge is -2.26. The van der Waals surface area contributed by atoms with Gasteiger partial charge in [0.15, 0.2) is 5.11 Å². The average molecular weight is 483 g/mol. The Labute approximate surface area is 210 Å². The maximum Gasteiger partial charge on any atom is 0.224 e. The molecule has 1 aliphatic heterocycles. The minimum atomic E-state index is -0.245. The van der Waals surface area contributed by atoms with E-state index in [-0.39, 0.29) is 18.0 Å². The van der Waals surface area contributed by atoms with E-state index in [9.17, 15) is 4.79 Å². The number of benzene rings is 2. The number of anilines is 2. The summed E-state index contributed by atoms with van der Waals surface area (Å²) in [7, 11) is 0. The van der Waals surface area contributed by atoms with Crippen LogP contribution in [0.15, 0.2) is 89.5 Å². The van der Waals surface area contributed by atoms with E-state index in [4.69, 9.17) is 16.6 Å². The molecule has 0 unspecified atom stereocenters. The standard InChI is InChI=1S/C28H26N4O2S/c1-3-25(33)30-21-13-12-20(17-18(21)2)32-27(26(31-28(32)35)22-11-7-8-16-29-22)24-15-14-23(34-24)19-9-5-4-6-10-19/h4-17,26-27H,3H2,1-2H3,(H,30,33)(H,31,35)/t26-,27-/m0/s1. The molecule has 176 valence electrons. The van der Waals surface area contributed by atoms with Crippen molar-refractivity contribution in [2.45, 2.75) is 32.4 Å². The summed E-state index contributed by atoms with van der Waals surface area (Å²) in [5.41, 5.74) is 4.55. The monoisotopic (exact) mass is 482 g/mol. The molecule has 3 heterocycles. The fraction of sp³-hybridized carbons (Fsp3) is 0.179. The number of rotatable bonds is 6. The molecule has 2 N–H and O–H groups in total. The van der Waals surface area contributed by atoms with Gasteiger partial charge in [-0.15, -0.1) is 0 Å². The predicted molar refractivity (Wildman–Crippen MR) is 142 cm³/mol. The molecule has 1 saturated heterocycles. The Morgan fingerprint density at radius 3 is 2.60 bits per heavy atom. The number of amides is 1. The van der Waals surface area contributed by atoms with Crippen molar-refractivity contribution in [1.29, 1.82) is 0 Å². The van der Waals surface area contributed by atoms with Crippen LogP contribution in [0, 0.1) is 6.92 Å². The van der Waals surface area contributed by atoms with Crippen molar-refractivity contribution >= 4 is 34.6 Å². The molecule has 0 radical (unpaired) electrons. The number of aromatic nitrogens is 1. The minimum Gasteiger partial charge on any atom is -0.459 e. The van der Waals surface area contributed by atoms with E-state index >= 15 is 0 Å². The number of carbonyl (C=O) groups is 1. The SMILES string of the molecule is CCC(=O)Nc1ccc(N2C(=S)N[C@@H](c3ccccn3)[C@@H]2c2ccc(-c3ccccc3)o2)cc1C. The van der Waals surface area contributed by atoms with Crippen molar-refractivity contribution in [3.05, 3.63) is 102 Å². The number of thiocarbonyl (C=S) groups is 1. The summed E-state index contributed by atoms with van der Waals surface area (Å²) in [6, 6.07) is 25.4. The molecule has 0 aliphatic carbocycles. The molecule has 5 rings (SSSR count). The zero-order valence-electron chi connectivity index (χ0n) is 19.6. The summed E-state index contributed by atoms with van der Waals surface area (Å²) in [4.78, 5) is 18.6. The number of carbonyl (C=O) groups excluding carboxylic acids is 1. The number of hydrogen-bond donors (Lipinski definition) is 2. The van der Waals surface area contributed by atoms with Crippen LogP contribution in [0.5, 0.6) is 0 Å². The van der Waals surface area contributed by atoms with Gasteiger partial charge >= 0.3 is 0 Å². The topological polar surface area (TPSA) is 70.4 Å². The maximum atomic E-state index is 11.9. The fourth-order valence-electron chi connectivity index (χ4n) is 4.37. The molecule has 7 heteroatoms. The zero-order valence-corrected chi connectivity index (χ0v) is 20.4. The van der Waals surface area contributed by atoms with Gasteiger partial charge in [0.1, 0.15) is 17.6 Å². The van der Waals surface area contributed by atoms with Gasteiger partial charge in [-0.3, -0.25) is 9.78 Å². The van der Waals surface area contributed by atoms with Gasteiger partial charge in [-0.2, -0.15) is 0 Å². The van der Waals surface area contributed by atoms with Crippen LogP contribution < -0.4 is 15.5 Å². The van der Waals surface area contributed by atoms with E-state index in [1.165, 1.54) is 0 Å². The van der Waals surface area contributed by atoms with E-state index in [1.54, 1.807) is 6.20 Å². The molecule has 1 aliphatic rings. The molecule has 1 amide bonds. The fourth-order valence-corrected chi connectivity index (χ4v) is 4.71. The Hall–Kier alpha value is -3.97. The normalized spacial score (nSPS) is 17.3. The summed E-state index contributed by atoms with van der Waals surface area (Å²) >= 11 is 5.82. The largest absolute Gasteiger partial charge is 0.459 e. The molecular formula is C28H26N4O2S. The number of nitrogens with one attached hydrogen (secondary N) is 2. The molecule has 6 nitrogen and oxygen atoms in total. The van der Waals surface area contributed by atoms with Crippen molar-refractivity contribution < 1.29 is 9.21 Å². The third-order valence-electron chi connectivity index (χ3n) is 6.16. The van der Waals surface area contributed by atoms with E-state index in [0.717, 1.165) is 39.7 Å². The van der Waals surface area contributed by atoms with Crippen LogP contribution >= 0.6 is 12.2 Å². The van der Waals surface area contributed by atoms with Crippen LogP contribution in [0.2, 0.25) is 0 Å². The molecule has 4 aromatic rings. The smallest absolute Gasteiger partial charge is 0.224 e. The number of nitrogens with zero attached hydrogens (tertiary/aromatic N) is 2. The van der Waals surface area contributed by atoms with E-state index < -0.39 is 0 Å². The van der Waals surface area contributed by atoms with Gasteiger partial charge in [-0.25, -0.2) is 0 Å². The van der Waals surface area contributed by atoms with Crippen LogP contribution in [0.1, 0.15) is 42.4 Å². The Kier molecular flexibility index (Phi) is 6.33. The highest BCUT2D eigenvalue weighted by Crippen LogP contribution is 2.43. The van der Waals surface area contributed by atoms with E-state index in [0.29, 0.717) is 11.5 Å².